The van der Waals surface area contributed by atoms with Crippen LogP contribution in [0.3, 0.4) is 0 Å². The molecular weight excluding hydrogens is 288 g/mol. The Morgan fingerprint density at radius 1 is 1.19 bits per heavy atom. The highest BCUT2D eigenvalue weighted by Crippen LogP contribution is 2.27. The molecule has 1 aromatic carbocycles. The van der Waals surface area contributed by atoms with Crippen LogP contribution in [0.25, 0.3) is 0 Å². The number of hydrogen-bond acceptors (Lipinski definition) is 2. The molecule has 0 spiro atoms. The molecule has 1 aliphatic heterocycles. The Labute approximate surface area is 130 Å². The third kappa shape index (κ3) is 4.21. The van der Waals surface area contributed by atoms with E-state index in [9.17, 15) is 9.59 Å². The van der Waals surface area contributed by atoms with E-state index in [1.165, 1.54) is 0 Å². The Morgan fingerprint density at radius 3 is 2.48 bits per heavy atom. The number of nitrogens with one attached hydrogen (secondary N) is 1. The average Bonchev–Trinajstić information content (AvgIpc) is 2.43. The van der Waals surface area contributed by atoms with Gasteiger partial charge < -0.3 is 10.2 Å². The first-order chi connectivity index (χ1) is 9.97. The van der Waals surface area contributed by atoms with Crippen LogP contribution < -0.4 is 5.32 Å². The summed E-state index contributed by atoms with van der Waals surface area (Å²) in [4.78, 5) is 25.9. The van der Waals surface area contributed by atoms with E-state index >= 15 is 0 Å². The zero-order valence-electron chi connectivity index (χ0n) is 12.5. The number of halogens is 1. The number of piperidine rings is 1. The molecule has 4 nitrogen and oxygen atoms in total. The number of carbonyl (C=O) groups is 2. The lowest BCUT2D eigenvalue weighted by Crippen LogP contribution is -2.37. The molecule has 114 valence electrons. The van der Waals surface area contributed by atoms with E-state index in [-0.39, 0.29) is 18.2 Å². The van der Waals surface area contributed by atoms with E-state index < -0.39 is 0 Å². The maximum atomic E-state index is 12.1. The molecule has 1 heterocycles. The summed E-state index contributed by atoms with van der Waals surface area (Å²) < 4.78 is 0. The van der Waals surface area contributed by atoms with Gasteiger partial charge in [0, 0.05) is 13.1 Å². The highest BCUT2D eigenvalue weighted by Gasteiger charge is 2.20. The van der Waals surface area contributed by atoms with E-state index in [1.807, 2.05) is 19.9 Å². The van der Waals surface area contributed by atoms with Gasteiger partial charge in [0.25, 0.3) is 0 Å². The molecule has 21 heavy (non-hydrogen) atoms. The Morgan fingerprint density at radius 2 is 1.86 bits per heavy atom. The van der Waals surface area contributed by atoms with Crippen molar-refractivity contribution in [2.45, 2.75) is 39.5 Å². The van der Waals surface area contributed by atoms with Crippen molar-refractivity contribution in [3.8, 4) is 0 Å². The lowest BCUT2D eigenvalue weighted by molar-refractivity contribution is -0.135. The van der Waals surface area contributed by atoms with Crippen LogP contribution >= 0.6 is 11.6 Å². The van der Waals surface area contributed by atoms with Gasteiger partial charge >= 0.3 is 0 Å². The molecule has 1 aromatic rings. The van der Waals surface area contributed by atoms with E-state index in [0.29, 0.717) is 10.7 Å². The summed E-state index contributed by atoms with van der Waals surface area (Å²) in [6.07, 6.45) is 3.09. The van der Waals surface area contributed by atoms with Gasteiger partial charge in [0.05, 0.1) is 10.7 Å². The van der Waals surface area contributed by atoms with Gasteiger partial charge in [0.15, 0.2) is 0 Å². The maximum Gasteiger partial charge on any atom is 0.233 e. The number of carbonyl (C=O) groups excluding carboxylic acids is 2. The number of nitrogens with zero attached hydrogens (tertiary/aromatic N) is 1. The van der Waals surface area contributed by atoms with Gasteiger partial charge in [0.1, 0.15) is 6.42 Å². The van der Waals surface area contributed by atoms with Crippen LogP contribution in [0, 0.1) is 13.8 Å². The number of amides is 2. The molecule has 0 aromatic heterocycles. The maximum absolute atomic E-state index is 12.1. The summed E-state index contributed by atoms with van der Waals surface area (Å²) in [5.41, 5.74) is 2.54. The highest BCUT2D eigenvalue weighted by atomic mass is 35.5. The Hall–Kier alpha value is -1.55. The largest absolute Gasteiger partial charge is 0.342 e. The Balaban J connectivity index is 1.97. The predicted octanol–water partition coefficient (Wildman–Crippen LogP) is 3.30. The van der Waals surface area contributed by atoms with Crippen molar-refractivity contribution < 1.29 is 9.59 Å². The molecule has 5 heteroatoms. The minimum Gasteiger partial charge on any atom is -0.342 e. The van der Waals surface area contributed by atoms with Crippen LogP contribution in [0.5, 0.6) is 0 Å². The molecule has 1 N–H and O–H groups in total. The van der Waals surface area contributed by atoms with Crippen molar-refractivity contribution >= 4 is 29.1 Å². The van der Waals surface area contributed by atoms with Crippen LogP contribution in [0.15, 0.2) is 12.1 Å². The monoisotopic (exact) mass is 308 g/mol. The third-order valence-electron chi connectivity index (χ3n) is 3.72. The fourth-order valence-electron chi connectivity index (χ4n) is 2.65. The lowest BCUT2D eigenvalue weighted by Gasteiger charge is -2.26. The van der Waals surface area contributed by atoms with Gasteiger partial charge in [0.2, 0.25) is 11.8 Å². The molecule has 0 atom stereocenters. The van der Waals surface area contributed by atoms with Crippen LogP contribution in [-0.4, -0.2) is 29.8 Å². The van der Waals surface area contributed by atoms with Crippen LogP contribution in [0.4, 0.5) is 5.69 Å². The molecule has 0 unspecified atom stereocenters. The molecule has 1 fully saturated rings. The summed E-state index contributed by atoms with van der Waals surface area (Å²) in [5, 5.41) is 3.26. The molecule has 1 aliphatic rings. The summed E-state index contributed by atoms with van der Waals surface area (Å²) in [7, 11) is 0. The molecule has 0 bridgehead atoms. The van der Waals surface area contributed by atoms with Crippen molar-refractivity contribution in [3.05, 3.63) is 28.3 Å². The molecule has 0 aliphatic carbocycles. The first-order valence-corrected chi connectivity index (χ1v) is 7.69. The highest BCUT2D eigenvalue weighted by molar-refractivity contribution is 6.34. The summed E-state index contributed by atoms with van der Waals surface area (Å²) in [6.45, 7) is 5.36. The topological polar surface area (TPSA) is 49.4 Å². The summed E-state index contributed by atoms with van der Waals surface area (Å²) in [5.74, 6) is -0.410. The third-order valence-corrected chi connectivity index (χ3v) is 4.01. The van der Waals surface area contributed by atoms with E-state index in [0.717, 1.165) is 43.5 Å². The average molecular weight is 309 g/mol. The van der Waals surface area contributed by atoms with E-state index in [2.05, 4.69) is 5.32 Å². The zero-order chi connectivity index (χ0) is 15.4. The Bertz CT molecular complexity index is 528. The molecule has 2 rings (SSSR count). The van der Waals surface area contributed by atoms with Gasteiger partial charge in [-0.3, -0.25) is 9.59 Å². The normalized spacial score (nSPS) is 14.9. The fraction of sp³-hybridized carbons (Fsp3) is 0.500. The molecule has 2 amide bonds. The number of benzene rings is 1. The van der Waals surface area contributed by atoms with Crippen LogP contribution in [0.2, 0.25) is 5.02 Å². The second-order valence-electron chi connectivity index (χ2n) is 5.61. The summed E-state index contributed by atoms with van der Waals surface area (Å²) in [6, 6.07) is 3.75. The molecule has 0 radical (unpaired) electrons. The van der Waals surface area contributed by atoms with Gasteiger partial charge in [-0.1, -0.05) is 17.7 Å². The smallest absolute Gasteiger partial charge is 0.233 e. The lowest BCUT2D eigenvalue weighted by atomic mass is 10.1. The second kappa shape index (κ2) is 6.94. The van der Waals surface area contributed by atoms with Crippen molar-refractivity contribution in [2.24, 2.45) is 0 Å². The van der Waals surface area contributed by atoms with Gasteiger partial charge in [-0.25, -0.2) is 0 Å². The Kier molecular flexibility index (Phi) is 5.23. The van der Waals surface area contributed by atoms with Gasteiger partial charge in [-0.2, -0.15) is 0 Å². The predicted molar refractivity (Wildman–Crippen MR) is 84.6 cm³/mol. The molecule has 0 saturated carbocycles. The number of likely N-dealkylation sites (tertiary alicyclic amines) is 1. The fourth-order valence-corrected chi connectivity index (χ4v) is 3.02. The van der Waals surface area contributed by atoms with Gasteiger partial charge in [-0.05, 0) is 50.3 Å². The van der Waals surface area contributed by atoms with Crippen molar-refractivity contribution in [2.75, 3.05) is 18.4 Å². The standard InChI is InChI=1S/C16H21ClN2O2/c1-11-8-12(2)16(13(17)9-11)18-14(20)10-15(21)19-6-4-3-5-7-19/h8-9H,3-7,10H2,1-2H3,(H,18,20). The van der Waals surface area contributed by atoms with Gasteiger partial charge in [-0.15, -0.1) is 0 Å². The second-order valence-corrected chi connectivity index (χ2v) is 6.01. The first kappa shape index (κ1) is 15.8. The first-order valence-electron chi connectivity index (χ1n) is 7.32. The zero-order valence-corrected chi connectivity index (χ0v) is 13.3. The minimum atomic E-state index is -0.306. The van der Waals surface area contributed by atoms with Crippen LogP contribution in [0.1, 0.15) is 36.8 Å². The SMILES string of the molecule is Cc1cc(C)c(NC(=O)CC(=O)N2CCCCC2)c(Cl)c1. The summed E-state index contributed by atoms with van der Waals surface area (Å²) >= 11 is 6.15. The number of aryl methyl sites for hydroxylation is 2. The minimum absolute atomic E-state index is 0.104. The molecule has 1 saturated heterocycles. The number of hydrogen-bond donors (Lipinski definition) is 1. The van der Waals surface area contributed by atoms with Crippen LogP contribution in [-0.2, 0) is 9.59 Å². The van der Waals surface area contributed by atoms with E-state index in [4.69, 9.17) is 11.6 Å². The van der Waals surface area contributed by atoms with Crippen molar-refractivity contribution in [1.82, 2.24) is 4.90 Å². The molecular formula is C16H21ClN2O2. The number of rotatable bonds is 3. The quantitative estimate of drug-likeness (QED) is 0.871. The van der Waals surface area contributed by atoms with E-state index in [1.54, 1.807) is 11.0 Å². The van der Waals surface area contributed by atoms with Crippen molar-refractivity contribution in [1.29, 1.82) is 0 Å². The van der Waals surface area contributed by atoms with Crippen molar-refractivity contribution in [3.63, 3.8) is 0 Å². The number of anilines is 1.